The van der Waals surface area contributed by atoms with Gasteiger partial charge in [-0.25, -0.2) is 0 Å². The number of nitrogens with two attached hydrogens (primary N) is 1. The summed E-state index contributed by atoms with van der Waals surface area (Å²) in [5.41, 5.74) is 4.30. The molecule has 1 fully saturated rings. The van der Waals surface area contributed by atoms with Gasteiger partial charge in [0.1, 0.15) is 0 Å². The lowest BCUT2D eigenvalue weighted by molar-refractivity contribution is -0.120. The van der Waals surface area contributed by atoms with Crippen LogP contribution in [0.4, 0.5) is 0 Å². The lowest BCUT2D eigenvalue weighted by Crippen LogP contribution is -2.26. The fourth-order valence-electron chi connectivity index (χ4n) is 1.29. The Bertz CT molecular complexity index is 159. The maximum atomic E-state index is 10.5. The van der Waals surface area contributed by atoms with Crippen LogP contribution in [0.15, 0.2) is 0 Å². The van der Waals surface area contributed by atoms with Crippen LogP contribution in [0, 0.1) is 11.8 Å². The van der Waals surface area contributed by atoms with Gasteiger partial charge in [-0.1, -0.05) is 0 Å². The SMILES string of the molecule is CC(C)(O)C1CC1C(N)=O. The van der Waals surface area contributed by atoms with Crippen molar-refractivity contribution in [1.29, 1.82) is 0 Å². The van der Waals surface area contributed by atoms with E-state index in [9.17, 15) is 9.90 Å². The molecule has 0 radical (unpaired) electrons. The molecular weight excluding hydrogens is 130 g/mol. The molecule has 10 heavy (non-hydrogen) atoms. The van der Waals surface area contributed by atoms with Gasteiger partial charge in [0.15, 0.2) is 0 Å². The minimum absolute atomic E-state index is 0.0833. The van der Waals surface area contributed by atoms with Gasteiger partial charge in [-0.2, -0.15) is 0 Å². The second-order valence-corrected chi connectivity index (χ2v) is 3.50. The van der Waals surface area contributed by atoms with Crippen molar-refractivity contribution in [3.63, 3.8) is 0 Å². The van der Waals surface area contributed by atoms with Gasteiger partial charge < -0.3 is 10.8 Å². The van der Waals surface area contributed by atoms with Crippen molar-refractivity contribution in [2.45, 2.75) is 25.9 Å². The summed E-state index contributed by atoms with van der Waals surface area (Å²) in [5.74, 6) is -0.280. The predicted molar refractivity (Wildman–Crippen MR) is 37.1 cm³/mol. The Labute approximate surface area is 60.2 Å². The molecule has 0 aromatic carbocycles. The first kappa shape index (κ1) is 7.54. The molecule has 0 aliphatic heterocycles. The zero-order valence-electron chi connectivity index (χ0n) is 6.29. The van der Waals surface area contributed by atoms with Crippen LogP contribution in [0.1, 0.15) is 20.3 Å². The van der Waals surface area contributed by atoms with Crippen molar-refractivity contribution < 1.29 is 9.90 Å². The first-order valence-electron chi connectivity index (χ1n) is 3.44. The highest BCUT2D eigenvalue weighted by Crippen LogP contribution is 2.45. The third-order valence-corrected chi connectivity index (χ3v) is 2.06. The van der Waals surface area contributed by atoms with Crippen molar-refractivity contribution in [1.82, 2.24) is 0 Å². The number of aliphatic hydroxyl groups is 1. The maximum absolute atomic E-state index is 10.5. The van der Waals surface area contributed by atoms with Crippen LogP contribution in [-0.4, -0.2) is 16.6 Å². The van der Waals surface area contributed by atoms with E-state index in [1.54, 1.807) is 13.8 Å². The number of hydrogen-bond acceptors (Lipinski definition) is 2. The first-order chi connectivity index (χ1) is 4.43. The van der Waals surface area contributed by atoms with E-state index in [4.69, 9.17) is 5.73 Å². The zero-order valence-corrected chi connectivity index (χ0v) is 6.29. The van der Waals surface area contributed by atoms with Crippen molar-refractivity contribution >= 4 is 5.91 Å². The summed E-state index contributed by atoms with van der Waals surface area (Å²) in [6, 6.07) is 0. The third kappa shape index (κ3) is 1.29. The smallest absolute Gasteiger partial charge is 0.220 e. The van der Waals surface area contributed by atoms with E-state index in [1.165, 1.54) is 0 Å². The van der Waals surface area contributed by atoms with Crippen molar-refractivity contribution in [2.24, 2.45) is 17.6 Å². The van der Waals surface area contributed by atoms with Crippen LogP contribution in [0.2, 0.25) is 0 Å². The number of carbonyl (C=O) groups excluding carboxylic acids is 1. The first-order valence-corrected chi connectivity index (χ1v) is 3.44. The highest BCUT2D eigenvalue weighted by atomic mass is 16.3. The average molecular weight is 143 g/mol. The van der Waals surface area contributed by atoms with Crippen LogP contribution in [0.25, 0.3) is 0 Å². The molecule has 1 rings (SSSR count). The standard InChI is InChI=1S/C7H13NO2/c1-7(2,10)5-3-4(5)6(8)9/h4-5,10H,3H2,1-2H3,(H2,8,9). The van der Waals surface area contributed by atoms with Gasteiger partial charge >= 0.3 is 0 Å². The fraction of sp³-hybridized carbons (Fsp3) is 0.857. The minimum atomic E-state index is -0.736. The molecule has 1 saturated carbocycles. The highest BCUT2D eigenvalue weighted by Gasteiger charge is 2.49. The Hall–Kier alpha value is -0.570. The maximum Gasteiger partial charge on any atom is 0.220 e. The van der Waals surface area contributed by atoms with E-state index in [2.05, 4.69) is 0 Å². The van der Waals surface area contributed by atoms with Crippen molar-refractivity contribution in [3.8, 4) is 0 Å². The molecule has 3 nitrogen and oxygen atoms in total. The number of rotatable bonds is 2. The van der Waals surface area contributed by atoms with Crippen LogP contribution >= 0.6 is 0 Å². The normalized spacial score (nSPS) is 31.9. The summed E-state index contributed by atoms with van der Waals surface area (Å²) in [6.45, 7) is 3.42. The number of amides is 1. The topological polar surface area (TPSA) is 63.3 Å². The van der Waals surface area contributed by atoms with Gasteiger partial charge in [0.2, 0.25) is 5.91 Å². The minimum Gasteiger partial charge on any atom is -0.390 e. The molecule has 2 atom stereocenters. The monoisotopic (exact) mass is 143 g/mol. The lowest BCUT2D eigenvalue weighted by atomic mass is 10.0. The average Bonchev–Trinajstić information content (AvgIpc) is 2.35. The molecular formula is C7H13NO2. The highest BCUT2D eigenvalue weighted by molar-refractivity contribution is 5.79. The Morgan fingerprint density at radius 2 is 2.20 bits per heavy atom. The Morgan fingerprint density at radius 3 is 2.30 bits per heavy atom. The number of hydrogen-bond donors (Lipinski definition) is 2. The molecule has 1 aliphatic rings. The summed E-state index contributed by atoms with van der Waals surface area (Å²) >= 11 is 0. The van der Waals surface area contributed by atoms with Crippen molar-refractivity contribution in [3.05, 3.63) is 0 Å². The Balaban J connectivity index is 2.46. The van der Waals surface area contributed by atoms with Crippen LogP contribution < -0.4 is 5.73 Å². The van der Waals surface area contributed by atoms with Gasteiger partial charge in [-0.05, 0) is 26.2 Å². The number of primary amides is 1. The summed E-state index contributed by atoms with van der Waals surface area (Å²) in [4.78, 5) is 10.5. The summed E-state index contributed by atoms with van der Waals surface area (Å²) < 4.78 is 0. The summed E-state index contributed by atoms with van der Waals surface area (Å²) in [5, 5.41) is 9.37. The molecule has 3 N–H and O–H groups in total. The van der Waals surface area contributed by atoms with Crippen molar-refractivity contribution in [2.75, 3.05) is 0 Å². The fourth-order valence-corrected chi connectivity index (χ4v) is 1.29. The van der Waals surface area contributed by atoms with E-state index in [0.29, 0.717) is 0 Å². The van der Waals surface area contributed by atoms with E-state index in [1.807, 2.05) is 0 Å². The Morgan fingerprint density at radius 1 is 1.70 bits per heavy atom. The van der Waals surface area contributed by atoms with Crippen LogP contribution in [0.3, 0.4) is 0 Å². The quantitative estimate of drug-likeness (QED) is 0.566. The molecule has 2 unspecified atom stereocenters. The molecule has 0 aromatic heterocycles. The van der Waals surface area contributed by atoms with Crippen LogP contribution in [-0.2, 0) is 4.79 Å². The Kier molecular flexibility index (Phi) is 1.47. The summed E-state index contributed by atoms with van der Waals surface area (Å²) in [7, 11) is 0. The third-order valence-electron chi connectivity index (χ3n) is 2.06. The van der Waals surface area contributed by atoms with E-state index in [-0.39, 0.29) is 17.7 Å². The molecule has 58 valence electrons. The second kappa shape index (κ2) is 1.95. The van der Waals surface area contributed by atoms with E-state index >= 15 is 0 Å². The van der Waals surface area contributed by atoms with E-state index in [0.717, 1.165) is 6.42 Å². The molecule has 1 aliphatic carbocycles. The molecule has 3 heteroatoms. The van der Waals surface area contributed by atoms with E-state index < -0.39 is 5.60 Å². The van der Waals surface area contributed by atoms with Gasteiger partial charge in [-0.3, -0.25) is 4.79 Å². The van der Waals surface area contributed by atoms with Gasteiger partial charge in [0.05, 0.1) is 5.60 Å². The summed E-state index contributed by atoms with van der Waals surface area (Å²) in [6.07, 6.45) is 0.749. The lowest BCUT2D eigenvalue weighted by Gasteiger charge is -2.15. The molecule has 0 spiro atoms. The molecule has 0 bridgehead atoms. The van der Waals surface area contributed by atoms with Gasteiger partial charge in [-0.15, -0.1) is 0 Å². The van der Waals surface area contributed by atoms with Crippen LogP contribution in [0.5, 0.6) is 0 Å². The molecule has 1 amide bonds. The molecule has 0 aromatic rings. The zero-order chi connectivity index (χ0) is 7.94. The van der Waals surface area contributed by atoms with Gasteiger partial charge in [0, 0.05) is 5.92 Å². The van der Waals surface area contributed by atoms with Gasteiger partial charge in [0.25, 0.3) is 0 Å². The number of carbonyl (C=O) groups is 1. The predicted octanol–water partition coefficient (Wildman–Crippen LogP) is -0.121. The molecule has 0 heterocycles. The largest absolute Gasteiger partial charge is 0.390 e. The second-order valence-electron chi connectivity index (χ2n) is 3.50. The molecule has 0 saturated heterocycles.